The van der Waals surface area contributed by atoms with E-state index in [-0.39, 0.29) is 0 Å². The molecule has 0 saturated carbocycles. The second-order valence-corrected chi connectivity index (χ2v) is 15.5. The third kappa shape index (κ3) is 3.48. The van der Waals surface area contributed by atoms with Gasteiger partial charge in [0.15, 0.2) is 16.1 Å². The predicted octanol–water partition coefficient (Wildman–Crippen LogP) is 4.87. The molecule has 0 saturated heterocycles. The summed E-state index contributed by atoms with van der Waals surface area (Å²) in [7, 11) is -4.52. The molecule has 0 aliphatic carbocycles. The van der Waals surface area contributed by atoms with Crippen molar-refractivity contribution < 1.29 is 0 Å². The first-order chi connectivity index (χ1) is 15.6. The van der Waals surface area contributed by atoms with E-state index in [4.69, 9.17) is 0 Å². The number of rotatable bonds is 8. The molecule has 0 N–H and O–H groups in total. The Balaban J connectivity index is 1.92. The predicted molar refractivity (Wildman–Crippen MR) is 148 cm³/mol. The van der Waals surface area contributed by atoms with Gasteiger partial charge in [-0.2, -0.15) is 0 Å². The molecule has 0 fully saturated rings. The van der Waals surface area contributed by atoms with Crippen molar-refractivity contribution >= 4 is 47.7 Å². The average Bonchev–Trinajstić information content (AvgIpc) is 2.87. The summed E-state index contributed by atoms with van der Waals surface area (Å²) in [6.45, 7) is 16.9. The molecule has 0 atom stereocenters. The Labute approximate surface area is 193 Å². The van der Waals surface area contributed by atoms with E-state index in [2.05, 4.69) is 146 Å². The minimum absolute atomic E-state index is 1.23. The van der Waals surface area contributed by atoms with Crippen LogP contribution in [0, 0.1) is 0 Å². The monoisotopic (exact) mass is 444 g/mol. The summed E-state index contributed by atoms with van der Waals surface area (Å²) < 4.78 is 0. The van der Waals surface area contributed by atoms with E-state index in [1.54, 1.807) is 0 Å². The zero-order valence-corrected chi connectivity index (χ0v) is 20.4. The molecule has 0 bridgehead atoms. The van der Waals surface area contributed by atoms with Gasteiger partial charge < -0.3 is 0 Å². The quantitative estimate of drug-likeness (QED) is 0.340. The van der Waals surface area contributed by atoms with Gasteiger partial charge in [0.05, 0.1) is 0 Å². The van der Waals surface area contributed by atoms with E-state index in [1.165, 1.54) is 31.5 Å². The van der Waals surface area contributed by atoms with Crippen LogP contribution < -0.4 is 20.7 Å². The smallest absolute Gasteiger partial charge is 0.106 e. The Kier molecular flexibility index (Phi) is 6.09. The zero-order chi connectivity index (χ0) is 22.6. The number of hydrogen-bond donors (Lipinski definition) is 0. The van der Waals surface area contributed by atoms with Crippen LogP contribution in [0.4, 0.5) is 0 Å². The van der Waals surface area contributed by atoms with Crippen molar-refractivity contribution in [2.45, 2.75) is 0 Å². The van der Waals surface area contributed by atoms with Crippen LogP contribution in [0.25, 0.3) is 10.8 Å². The van der Waals surface area contributed by atoms with Gasteiger partial charge in [-0.3, -0.25) is 0 Å². The third-order valence-electron chi connectivity index (χ3n) is 6.59. The number of fused-ring (bicyclic) bond motifs is 1. The van der Waals surface area contributed by atoms with Crippen molar-refractivity contribution in [2.75, 3.05) is 0 Å². The fraction of sp³-hybridized carbons (Fsp3) is 0. The van der Waals surface area contributed by atoms with Crippen LogP contribution in [0.3, 0.4) is 0 Å². The van der Waals surface area contributed by atoms with Crippen LogP contribution in [0.15, 0.2) is 146 Å². The normalized spacial score (nSPS) is 11.6. The van der Waals surface area contributed by atoms with Crippen molar-refractivity contribution in [1.82, 2.24) is 0 Å². The Hall–Kier alpha value is -3.47. The molecule has 0 aromatic heterocycles. The lowest BCUT2D eigenvalue weighted by atomic mass is 10.1. The van der Waals surface area contributed by atoms with Crippen molar-refractivity contribution in [3.8, 4) is 0 Å². The second kappa shape index (κ2) is 8.95. The summed E-state index contributed by atoms with van der Waals surface area (Å²) in [5.41, 5.74) is 8.49. The highest BCUT2D eigenvalue weighted by atomic mass is 28.3. The van der Waals surface area contributed by atoms with Gasteiger partial charge in [-0.1, -0.05) is 120 Å². The van der Waals surface area contributed by atoms with Gasteiger partial charge in [0, 0.05) is 0 Å². The van der Waals surface area contributed by atoms with E-state index in [0.717, 1.165) is 0 Å². The fourth-order valence-electron chi connectivity index (χ4n) is 4.63. The highest BCUT2D eigenvalue weighted by Crippen LogP contribution is 2.18. The third-order valence-corrected chi connectivity index (χ3v) is 14.3. The molecule has 0 aliphatic rings. The van der Waals surface area contributed by atoms with Crippen molar-refractivity contribution in [3.63, 3.8) is 0 Å². The van der Waals surface area contributed by atoms with Gasteiger partial charge in [-0.05, 0) is 31.5 Å². The van der Waals surface area contributed by atoms with Crippen molar-refractivity contribution in [3.05, 3.63) is 146 Å². The first-order valence-electron chi connectivity index (χ1n) is 10.8. The minimum atomic E-state index is -2.26. The lowest BCUT2D eigenvalue weighted by Gasteiger charge is -2.27. The summed E-state index contributed by atoms with van der Waals surface area (Å²) in [4.78, 5) is 0. The fourth-order valence-corrected chi connectivity index (χ4v) is 10.5. The molecule has 156 valence electrons. The van der Waals surface area contributed by atoms with Gasteiger partial charge >= 0.3 is 0 Å². The largest absolute Gasteiger partial charge is 0.164 e. The lowest BCUT2D eigenvalue weighted by molar-refractivity contribution is 1.72. The van der Waals surface area contributed by atoms with Crippen LogP contribution >= 0.6 is 0 Å². The molecule has 0 amide bonds. The first-order valence-corrected chi connectivity index (χ1v) is 15.1. The van der Waals surface area contributed by atoms with Crippen LogP contribution in [0.5, 0.6) is 0 Å². The molecule has 4 aromatic rings. The van der Waals surface area contributed by atoms with Crippen LogP contribution in [-0.2, 0) is 0 Å². The van der Waals surface area contributed by atoms with Gasteiger partial charge in [-0.15, -0.1) is 26.3 Å². The molecular formula is C30H28Si2. The van der Waals surface area contributed by atoms with E-state index >= 15 is 0 Å². The Morgan fingerprint density at radius 1 is 0.406 bits per heavy atom. The topological polar surface area (TPSA) is 0 Å². The molecule has 2 heteroatoms. The van der Waals surface area contributed by atoms with E-state index in [9.17, 15) is 0 Å². The molecule has 0 aliphatic heterocycles. The average molecular weight is 445 g/mol. The minimum Gasteiger partial charge on any atom is -0.106 e. The highest BCUT2D eigenvalue weighted by molar-refractivity contribution is 7.10. The van der Waals surface area contributed by atoms with Crippen LogP contribution in [0.2, 0.25) is 0 Å². The molecule has 4 rings (SSSR count). The standard InChI is InChI=1S/C30H28Si2/c1-5-31(6-2,27-15-11-9-12-16-27)29-21-19-25-20-22-30(24-26(25)23-29)32(7-3,8-4)28-17-13-10-14-18-28/h5-24H,1-4H2. The maximum atomic E-state index is 4.23. The maximum Gasteiger partial charge on any atom is 0.164 e. The molecule has 0 heterocycles. The van der Waals surface area contributed by atoms with Gasteiger partial charge in [0.2, 0.25) is 0 Å². The summed E-state index contributed by atoms with van der Waals surface area (Å²) >= 11 is 0. The van der Waals surface area contributed by atoms with Gasteiger partial charge in [0.25, 0.3) is 0 Å². The summed E-state index contributed by atoms with van der Waals surface area (Å²) in [6, 6.07) is 34.9. The molecule has 0 nitrogen and oxygen atoms in total. The lowest BCUT2D eigenvalue weighted by Crippen LogP contribution is -2.56. The molecule has 0 radical (unpaired) electrons. The van der Waals surface area contributed by atoms with Crippen LogP contribution in [-0.4, -0.2) is 16.1 Å². The SMILES string of the molecule is C=C[Si](C=C)(c1ccccc1)c1ccc2ccc([Si](C=C)(C=C)c3ccccc3)cc2c1. The Bertz CT molecular complexity index is 1170. The molecular weight excluding hydrogens is 417 g/mol. The van der Waals surface area contributed by atoms with Gasteiger partial charge in [0.1, 0.15) is 0 Å². The van der Waals surface area contributed by atoms with Gasteiger partial charge in [-0.25, -0.2) is 0 Å². The Morgan fingerprint density at radius 3 is 1.12 bits per heavy atom. The van der Waals surface area contributed by atoms with Crippen LogP contribution in [0.1, 0.15) is 0 Å². The number of benzene rings is 4. The van der Waals surface area contributed by atoms with E-state index < -0.39 is 16.1 Å². The summed E-state index contributed by atoms with van der Waals surface area (Å²) in [5, 5.41) is 7.64. The first kappa shape index (κ1) is 21.8. The molecule has 4 aromatic carbocycles. The zero-order valence-electron chi connectivity index (χ0n) is 18.4. The summed E-state index contributed by atoms with van der Waals surface area (Å²) in [6.07, 6.45) is 0. The maximum absolute atomic E-state index is 4.23. The Morgan fingerprint density at radius 2 is 0.781 bits per heavy atom. The second-order valence-electron chi connectivity index (χ2n) is 8.06. The van der Waals surface area contributed by atoms with E-state index in [1.807, 2.05) is 0 Å². The molecule has 32 heavy (non-hydrogen) atoms. The van der Waals surface area contributed by atoms with Crippen molar-refractivity contribution in [1.29, 1.82) is 0 Å². The number of hydrogen-bond acceptors (Lipinski definition) is 0. The summed E-state index contributed by atoms with van der Waals surface area (Å²) in [5.74, 6) is 0. The molecule has 0 unspecified atom stereocenters. The van der Waals surface area contributed by atoms with E-state index in [0.29, 0.717) is 0 Å². The molecule has 0 spiro atoms. The highest BCUT2D eigenvalue weighted by Gasteiger charge is 2.32. The van der Waals surface area contributed by atoms with Crippen molar-refractivity contribution in [2.24, 2.45) is 0 Å².